The summed E-state index contributed by atoms with van der Waals surface area (Å²) < 4.78 is 31.2. The normalized spacial score (nSPS) is 13.9. The molecule has 0 saturated heterocycles. The monoisotopic (exact) mass is 286 g/mol. The van der Waals surface area contributed by atoms with Crippen LogP contribution in [0, 0.1) is 17.6 Å². The number of benzene rings is 1. The second-order valence-electron chi connectivity index (χ2n) is 5.07. The molecule has 0 aliphatic rings. The van der Waals surface area contributed by atoms with Gasteiger partial charge in [-0.25, -0.2) is 8.78 Å². The Morgan fingerprint density at radius 2 is 2.00 bits per heavy atom. The molecule has 2 atom stereocenters. The van der Waals surface area contributed by atoms with Crippen molar-refractivity contribution in [1.29, 1.82) is 0 Å². The van der Waals surface area contributed by atoms with Crippen molar-refractivity contribution in [2.24, 2.45) is 11.7 Å². The quantitative estimate of drug-likeness (QED) is 0.838. The van der Waals surface area contributed by atoms with Gasteiger partial charge in [0.2, 0.25) is 5.91 Å². The summed E-state index contributed by atoms with van der Waals surface area (Å²) in [6.45, 7) is 5.48. The molecule has 0 aliphatic heterocycles. The molecular weight excluding hydrogens is 266 g/mol. The Bertz CT molecular complexity index is 466. The van der Waals surface area contributed by atoms with Gasteiger partial charge in [-0.15, -0.1) is 0 Å². The molecule has 0 heterocycles. The van der Waals surface area contributed by atoms with Gasteiger partial charge in [-0.3, -0.25) is 4.79 Å². The molecule has 0 spiro atoms. The topological polar surface area (TPSA) is 64.3 Å². The van der Waals surface area contributed by atoms with E-state index in [1.54, 1.807) is 6.92 Å². The number of amides is 1. The standard InChI is InChI=1S/C14H20F2N2O2/c1-8(2)13(17)14(19)18-9(3)7-20-12-5-4-10(15)6-11(12)16/h4-6,8-9,13H,7,17H2,1-3H3,(H,18,19)/t9?,13-/m0/s1. The number of rotatable bonds is 6. The Morgan fingerprint density at radius 1 is 1.35 bits per heavy atom. The van der Waals surface area contributed by atoms with Crippen LogP contribution in [0.15, 0.2) is 18.2 Å². The summed E-state index contributed by atoms with van der Waals surface area (Å²) in [5.74, 6) is -1.75. The lowest BCUT2D eigenvalue weighted by atomic mass is 10.0. The van der Waals surface area contributed by atoms with Gasteiger partial charge in [0.05, 0.1) is 12.1 Å². The van der Waals surface area contributed by atoms with E-state index in [1.807, 2.05) is 13.8 Å². The first-order chi connectivity index (χ1) is 9.31. The van der Waals surface area contributed by atoms with Crippen LogP contribution in [-0.2, 0) is 4.79 Å². The maximum Gasteiger partial charge on any atom is 0.237 e. The summed E-state index contributed by atoms with van der Waals surface area (Å²) in [7, 11) is 0. The Morgan fingerprint density at radius 3 is 2.55 bits per heavy atom. The molecule has 1 rings (SSSR count). The molecule has 1 aromatic rings. The van der Waals surface area contributed by atoms with Gasteiger partial charge < -0.3 is 15.8 Å². The first-order valence-corrected chi connectivity index (χ1v) is 6.45. The van der Waals surface area contributed by atoms with Crippen LogP contribution in [-0.4, -0.2) is 24.6 Å². The van der Waals surface area contributed by atoms with Crippen LogP contribution >= 0.6 is 0 Å². The van der Waals surface area contributed by atoms with E-state index in [0.29, 0.717) is 0 Å². The Kier molecular flexibility index (Phi) is 5.88. The molecule has 0 saturated carbocycles. The molecule has 0 fully saturated rings. The van der Waals surface area contributed by atoms with Gasteiger partial charge in [-0.2, -0.15) is 0 Å². The number of ether oxygens (including phenoxy) is 1. The van der Waals surface area contributed by atoms with Crippen LogP contribution in [0.3, 0.4) is 0 Å². The molecule has 0 radical (unpaired) electrons. The highest BCUT2D eigenvalue weighted by Gasteiger charge is 2.19. The van der Waals surface area contributed by atoms with Crippen molar-refractivity contribution in [3.8, 4) is 5.75 Å². The van der Waals surface area contributed by atoms with Crippen molar-refractivity contribution in [3.63, 3.8) is 0 Å². The molecule has 0 aliphatic carbocycles. The fourth-order valence-corrected chi connectivity index (χ4v) is 1.49. The van der Waals surface area contributed by atoms with Gasteiger partial charge in [0.1, 0.15) is 12.4 Å². The van der Waals surface area contributed by atoms with Crippen LogP contribution in [0.2, 0.25) is 0 Å². The minimum absolute atomic E-state index is 0.0256. The summed E-state index contributed by atoms with van der Waals surface area (Å²) in [5.41, 5.74) is 5.70. The number of nitrogens with two attached hydrogens (primary N) is 1. The SMILES string of the molecule is CC(COc1ccc(F)cc1F)NC(=O)[C@@H](N)C(C)C. The van der Waals surface area contributed by atoms with Gasteiger partial charge in [0.15, 0.2) is 11.6 Å². The number of halogens is 2. The van der Waals surface area contributed by atoms with E-state index >= 15 is 0 Å². The highest BCUT2D eigenvalue weighted by molar-refractivity contribution is 5.81. The molecule has 3 N–H and O–H groups in total. The van der Waals surface area contributed by atoms with E-state index in [-0.39, 0.29) is 30.2 Å². The Hall–Kier alpha value is -1.69. The molecule has 0 aromatic heterocycles. The van der Waals surface area contributed by atoms with Crippen LogP contribution in [0.1, 0.15) is 20.8 Å². The van der Waals surface area contributed by atoms with Crippen LogP contribution in [0.5, 0.6) is 5.75 Å². The second kappa shape index (κ2) is 7.19. The Balaban J connectivity index is 2.47. The van der Waals surface area contributed by atoms with Crippen molar-refractivity contribution in [1.82, 2.24) is 5.32 Å². The number of hydrogen-bond acceptors (Lipinski definition) is 3. The molecule has 1 unspecified atom stereocenters. The lowest BCUT2D eigenvalue weighted by Crippen LogP contribution is -2.48. The third-order valence-electron chi connectivity index (χ3n) is 2.79. The number of hydrogen-bond donors (Lipinski definition) is 2. The van der Waals surface area contributed by atoms with Crippen molar-refractivity contribution >= 4 is 5.91 Å². The van der Waals surface area contributed by atoms with E-state index < -0.39 is 17.7 Å². The minimum Gasteiger partial charge on any atom is -0.488 e. The zero-order valence-electron chi connectivity index (χ0n) is 11.8. The van der Waals surface area contributed by atoms with Gasteiger partial charge >= 0.3 is 0 Å². The van der Waals surface area contributed by atoms with Crippen molar-refractivity contribution in [3.05, 3.63) is 29.8 Å². The number of carbonyl (C=O) groups is 1. The lowest BCUT2D eigenvalue weighted by molar-refractivity contribution is -0.124. The smallest absolute Gasteiger partial charge is 0.237 e. The average Bonchev–Trinajstić information content (AvgIpc) is 2.36. The fraction of sp³-hybridized carbons (Fsp3) is 0.500. The summed E-state index contributed by atoms with van der Waals surface area (Å²) in [4.78, 5) is 11.7. The minimum atomic E-state index is -0.776. The first-order valence-electron chi connectivity index (χ1n) is 6.45. The van der Waals surface area contributed by atoms with Crippen LogP contribution in [0.4, 0.5) is 8.78 Å². The lowest BCUT2D eigenvalue weighted by Gasteiger charge is -2.20. The predicted molar refractivity (Wildman–Crippen MR) is 72.3 cm³/mol. The largest absolute Gasteiger partial charge is 0.488 e. The fourth-order valence-electron chi connectivity index (χ4n) is 1.49. The number of nitrogens with one attached hydrogen (secondary N) is 1. The maximum atomic E-state index is 13.3. The van der Waals surface area contributed by atoms with Gasteiger partial charge in [0, 0.05) is 6.07 Å². The highest BCUT2D eigenvalue weighted by atomic mass is 19.1. The third-order valence-corrected chi connectivity index (χ3v) is 2.79. The molecule has 6 heteroatoms. The third kappa shape index (κ3) is 4.77. The molecule has 1 amide bonds. The highest BCUT2D eigenvalue weighted by Crippen LogP contribution is 2.17. The summed E-state index contributed by atoms with van der Waals surface area (Å²) in [6, 6.07) is 2.12. The zero-order valence-corrected chi connectivity index (χ0v) is 11.8. The van der Waals surface area contributed by atoms with Crippen molar-refractivity contribution in [2.45, 2.75) is 32.9 Å². The van der Waals surface area contributed by atoms with Crippen LogP contribution < -0.4 is 15.8 Å². The van der Waals surface area contributed by atoms with Crippen molar-refractivity contribution < 1.29 is 18.3 Å². The van der Waals surface area contributed by atoms with E-state index in [2.05, 4.69) is 5.32 Å². The van der Waals surface area contributed by atoms with E-state index in [1.165, 1.54) is 6.07 Å². The van der Waals surface area contributed by atoms with Crippen LogP contribution in [0.25, 0.3) is 0 Å². The number of carbonyl (C=O) groups excluding carboxylic acids is 1. The summed E-state index contributed by atoms with van der Waals surface area (Å²) in [5, 5.41) is 2.68. The molecule has 0 bridgehead atoms. The van der Waals surface area contributed by atoms with E-state index in [0.717, 1.165) is 12.1 Å². The van der Waals surface area contributed by atoms with E-state index in [9.17, 15) is 13.6 Å². The molecule has 20 heavy (non-hydrogen) atoms. The van der Waals surface area contributed by atoms with Crippen molar-refractivity contribution in [2.75, 3.05) is 6.61 Å². The first kappa shape index (κ1) is 16.4. The summed E-state index contributed by atoms with van der Waals surface area (Å²) >= 11 is 0. The maximum absolute atomic E-state index is 13.3. The molecule has 112 valence electrons. The summed E-state index contributed by atoms with van der Waals surface area (Å²) in [6.07, 6.45) is 0. The van der Waals surface area contributed by atoms with Gasteiger partial charge in [-0.05, 0) is 25.0 Å². The molecular formula is C14H20F2N2O2. The van der Waals surface area contributed by atoms with Gasteiger partial charge in [-0.1, -0.05) is 13.8 Å². The molecule has 1 aromatic carbocycles. The second-order valence-corrected chi connectivity index (χ2v) is 5.07. The predicted octanol–water partition coefficient (Wildman–Crippen LogP) is 1.83. The molecule has 4 nitrogen and oxygen atoms in total. The average molecular weight is 286 g/mol. The zero-order chi connectivity index (χ0) is 15.3. The van der Waals surface area contributed by atoms with E-state index in [4.69, 9.17) is 10.5 Å². The Labute approximate surface area is 117 Å². The van der Waals surface area contributed by atoms with Gasteiger partial charge in [0.25, 0.3) is 0 Å².